The van der Waals surface area contributed by atoms with Gasteiger partial charge in [0.2, 0.25) is 0 Å². The van der Waals surface area contributed by atoms with Crippen LogP contribution in [-0.2, 0) is 18.6 Å². The molecule has 2 fully saturated rings. The van der Waals surface area contributed by atoms with Crippen molar-refractivity contribution in [1.82, 2.24) is 0 Å². The van der Waals surface area contributed by atoms with Gasteiger partial charge < -0.3 is 18.6 Å². The van der Waals surface area contributed by atoms with Gasteiger partial charge in [-0.3, -0.25) is 4.99 Å². The summed E-state index contributed by atoms with van der Waals surface area (Å²) in [5.74, 6) is 0. The third kappa shape index (κ3) is 4.32. The fourth-order valence-corrected chi connectivity index (χ4v) is 3.60. The van der Waals surface area contributed by atoms with Crippen molar-refractivity contribution in [2.45, 2.75) is 77.8 Å². The Hall–Kier alpha value is -1.92. The van der Waals surface area contributed by atoms with E-state index in [1.807, 2.05) is 54.7 Å². The minimum Gasteiger partial charge on any atom is -0.399 e. The minimum atomic E-state index is -0.394. The highest BCUT2D eigenvalue weighted by Gasteiger charge is 2.52. The fraction of sp³-hybridized carbons (Fsp3) is 0.480. The number of rotatable bonds is 4. The van der Waals surface area contributed by atoms with Crippen molar-refractivity contribution in [2.75, 3.05) is 0 Å². The molecule has 2 saturated heterocycles. The van der Waals surface area contributed by atoms with Crippen molar-refractivity contribution in [3.8, 4) is 0 Å². The molecule has 168 valence electrons. The van der Waals surface area contributed by atoms with Crippen LogP contribution in [0.2, 0.25) is 0 Å². The highest BCUT2D eigenvalue weighted by Crippen LogP contribution is 2.37. The second-order valence-corrected chi connectivity index (χ2v) is 10.7. The van der Waals surface area contributed by atoms with Crippen LogP contribution in [0.5, 0.6) is 0 Å². The molecule has 5 nitrogen and oxygen atoms in total. The van der Waals surface area contributed by atoms with Crippen molar-refractivity contribution in [3.05, 3.63) is 54.1 Å². The number of hydrogen-bond acceptors (Lipinski definition) is 5. The Morgan fingerprint density at radius 1 is 0.625 bits per heavy atom. The van der Waals surface area contributed by atoms with Crippen LogP contribution in [0.1, 0.15) is 61.0 Å². The van der Waals surface area contributed by atoms with Crippen molar-refractivity contribution in [2.24, 2.45) is 4.99 Å². The predicted octanol–water partition coefficient (Wildman–Crippen LogP) is 4.04. The molecular formula is C25H33B2NO4. The molecule has 0 aromatic heterocycles. The third-order valence-corrected chi connectivity index (χ3v) is 7.22. The molecule has 2 aromatic rings. The van der Waals surface area contributed by atoms with Gasteiger partial charge in [-0.15, -0.1) is 0 Å². The Labute approximate surface area is 192 Å². The van der Waals surface area contributed by atoms with Gasteiger partial charge in [0.05, 0.1) is 28.1 Å². The van der Waals surface area contributed by atoms with Gasteiger partial charge in [0.1, 0.15) is 0 Å². The first-order valence-corrected chi connectivity index (χ1v) is 11.2. The molecule has 0 radical (unpaired) electrons. The van der Waals surface area contributed by atoms with Gasteiger partial charge in [0.25, 0.3) is 0 Å². The Morgan fingerprint density at radius 3 is 1.59 bits per heavy atom. The molecule has 2 aliphatic rings. The number of hydrogen-bond donors (Lipinski definition) is 0. The zero-order valence-corrected chi connectivity index (χ0v) is 20.4. The quantitative estimate of drug-likeness (QED) is 0.540. The van der Waals surface area contributed by atoms with E-state index in [2.05, 4.69) is 60.4 Å². The van der Waals surface area contributed by atoms with Crippen molar-refractivity contribution in [3.63, 3.8) is 0 Å². The summed E-state index contributed by atoms with van der Waals surface area (Å²) in [7, 11) is -0.753. The van der Waals surface area contributed by atoms with E-state index >= 15 is 0 Å². The van der Waals surface area contributed by atoms with Crippen LogP contribution in [0.15, 0.2) is 53.5 Å². The maximum absolute atomic E-state index is 6.16. The van der Waals surface area contributed by atoms with Crippen LogP contribution in [0.25, 0.3) is 0 Å². The van der Waals surface area contributed by atoms with Crippen LogP contribution in [0, 0.1) is 0 Å². The van der Waals surface area contributed by atoms with Crippen LogP contribution in [-0.4, -0.2) is 42.9 Å². The molecule has 2 aliphatic heterocycles. The Balaban J connectivity index is 1.45. The lowest BCUT2D eigenvalue weighted by molar-refractivity contribution is 0.00578. The Kier molecular flexibility index (Phi) is 5.70. The molecule has 0 atom stereocenters. The minimum absolute atomic E-state index is 0.347. The molecule has 0 N–H and O–H groups in total. The van der Waals surface area contributed by atoms with Crippen molar-refractivity contribution >= 4 is 37.1 Å². The summed E-state index contributed by atoms with van der Waals surface area (Å²) in [5, 5.41) is 0. The van der Waals surface area contributed by atoms with E-state index in [0.29, 0.717) is 0 Å². The lowest BCUT2D eigenvalue weighted by atomic mass is 9.79. The molecular weight excluding hydrogens is 400 g/mol. The van der Waals surface area contributed by atoms with Crippen LogP contribution >= 0.6 is 0 Å². The molecule has 2 heterocycles. The number of aliphatic imine (C=N–C) groups is 1. The molecule has 0 unspecified atom stereocenters. The highest BCUT2D eigenvalue weighted by atomic mass is 16.7. The van der Waals surface area contributed by atoms with E-state index in [9.17, 15) is 0 Å². The first-order valence-electron chi connectivity index (χ1n) is 11.2. The fourth-order valence-electron chi connectivity index (χ4n) is 3.60. The van der Waals surface area contributed by atoms with Gasteiger partial charge >= 0.3 is 14.2 Å². The van der Waals surface area contributed by atoms with E-state index in [1.54, 1.807) is 0 Å². The summed E-state index contributed by atoms with van der Waals surface area (Å²) in [4.78, 5) is 4.66. The number of benzene rings is 2. The van der Waals surface area contributed by atoms with Crippen LogP contribution in [0.3, 0.4) is 0 Å². The van der Waals surface area contributed by atoms with Gasteiger partial charge in [-0.1, -0.05) is 36.4 Å². The molecule has 0 amide bonds. The summed E-state index contributed by atoms with van der Waals surface area (Å²) < 4.78 is 24.6. The first-order chi connectivity index (χ1) is 14.8. The van der Waals surface area contributed by atoms with Crippen molar-refractivity contribution < 1.29 is 18.6 Å². The molecule has 0 bridgehead atoms. The first kappa shape index (κ1) is 23.2. The second-order valence-electron chi connectivity index (χ2n) is 10.7. The Bertz CT molecular complexity index is 983. The SMILES string of the molecule is CC1(C)OB(c2ccc(C=Nc3cccc(B4OC(C)(C)C(C)(C)O4)c3)cc2)OC1(C)C. The smallest absolute Gasteiger partial charge is 0.399 e. The maximum Gasteiger partial charge on any atom is 0.494 e. The molecule has 0 spiro atoms. The van der Waals surface area contributed by atoms with Gasteiger partial charge in [-0.25, -0.2) is 0 Å². The second kappa shape index (κ2) is 7.84. The molecule has 0 saturated carbocycles. The standard InChI is InChI=1S/C25H33B2NO4/c1-22(2)23(3,4)30-26(29-22)19-14-12-18(13-15-19)17-28-21-11-9-10-20(16-21)27-31-24(5,6)25(7,8)32-27/h9-17H,1-8H3. The van der Waals surface area contributed by atoms with Crippen LogP contribution in [0.4, 0.5) is 5.69 Å². The van der Waals surface area contributed by atoms with E-state index in [1.165, 1.54) is 0 Å². The molecule has 4 rings (SSSR count). The topological polar surface area (TPSA) is 49.3 Å². The average molecular weight is 433 g/mol. The molecule has 32 heavy (non-hydrogen) atoms. The summed E-state index contributed by atoms with van der Waals surface area (Å²) in [6.45, 7) is 16.5. The predicted molar refractivity (Wildman–Crippen MR) is 132 cm³/mol. The highest BCUT2D eigenvalue weighted by molar-refractivity contribution is 6.62. The van der Waals surface area contributed by atoms with Crippen molar-refractivity contribution in [1.29, 1.82) is 0 Å². The van der Waals surface area contributed by atoms with E-state index in [-0.39, 0.29) is 29.5 Å². The average Bonchev–Trinajstić information content (AvgIpc) is 3.06. The normalized spacial score (nSPS) is 23.2. The largest absolute Gasteiger partial charge is 0.494 e. The zero-order valence-electron chi connectivity index (χ0n) is 20.4. The van der Waals surface area contributed by atoms with Gasteiger partial charge in [0.15, 0.2) is 0 Å². The molecule has 0 aliphatic carbocycles. The Morgan fingerprint density at radius 2 is 1.09 bits per heavy atom. The van der Waals surface area contributed by atoms with Gasteiger partial charge in [-0.2, -0.15) is 0 Å². The van der Waals surface area contributed by atoms with E-state index < -0.39 is 7.12 Å². The van der Waals surface area contributed by atoms with Gasteiger partial charge in [0, 0.05) is 6.21 Å². The summed E-state index contributed by atoms with van der Waals surface area (Å²) in [6.07, 6.45) is 1.86. The third-order valence-electron chi connectivity index (χ3n) is 7.22. The summed E-state index contributed by atoms with van der Waals surface area (Å²) >= 11 is 0. The lowest BCUT2D eigenvalue weighted by Gasteiger charge is -2.32. The zero-order chi connectivity index (χ0) is 23.4. The van der Waals surface area contributed by atoms with Gasteiger partial charge in [-0.05, 0) is 84.0 Å². The molecule has 2 aromatic carbocycles. The number of nitrogens with zero attached hydrogens (tertiary/aromatic N) is 1. The van der Waals surface area contributed by atoms with Crippen LogP contribution < -0.4 is 10.9 Å². The monoisotopic (exact) mass is 433 g/mol. The summed E-state index contributed by atoms with van der Waals surface area (Å²) in [6, 6.07) is 16.1. The lowest BCUT2D eigenvalue weighted by Crippen LogP contribution is -2.41. The summed E-state index contributed by atoms with van der Waals surface area (Å²) in [5.41, 5.74) is 2.41. The molecule has 7 heteroatoms. The maximum atomic E-state index is 6.16. The van der Waals surface area contributed by atoms with E-state index in [4.69, 9.17) is 18.6 Å². The van der Waals surface area contributed by atoms with E-state index in [0.717, 1.165) is 22.2 Å².